The van der Waals surface area contributed by atoms with Crippen LogP contribution in [0.25, 0.3) is 22.6 Å². The van der Waals surface area contributed by atoms with Crippen molar-refractivity contribution >= 4 is 6.09 Å². The third-order valence-corrected chi connectivity index (χ3v) is 5.51. The van der Waals surface area contributed by atoms with E-state index < -0.39 is 5.60 Å². The topological polar surface area (TPSA) is 73.1 Å². The Hall–Kier alpha value is -3.29. The van der Waals surface area contributed by atoms with E-state index in [0.29, 0.717) is 13.1 Å². The molecule has 1 amide bonds. The molecule has 0 spiro atoms. The Morgan fingerprint density at radius 2 is 1.81 bits per heavy atom. The summed E-state index contributed by atoms with van der Waals surface area (Å²) in [6.07, 6.45) is 4.49. The number of aryl methyl sites for hydroxylation is 1. The minimum absolute atomic E-state index is 0.153. The number of benzene rings is 1. The van der Waals surface area contributed by atoms with E-state index >= 15 is 0 Å². The van der Waals surface area contributed by atoms with Gasteiger partial charge in [0.05, 0.1) is 17.1 Å². The van der Waals surface area contributed by atoms with Crippen LogP contribution in [-0.2, 0) is 4.74 Å². The smallest absolute Gasteiger partial charge is 0.410 e. The first-order chi connectivity index (χ1) is 15.2. The number of carbonyl (C=O) groups excluding carboxylic acids is 1. The Labute approximate surface area is 187 Å². The number of likely N-dealkylation sites (tertiary alicyclic amines) is 1. The molecule has 1 aromatic carbocycles. The zero-order chi connectivity index (χ0) is 22.9. The fourth-order valence-electron chi connectivity index (χ4n) is 4.11. The number of hydrogen-bond donors (Lipinski definition) is 0. The maximum atomic E-state index is 13.5. The second kappa shape index (κ2) is 8.68. The summed E-state index contributed by atoms with van der Waals surface area (Å²) in [7, 11) is 0. The van der Waals surface area contributed by atoms with Gasteiger partial charge in [0, 0.05) is 30.9 Å². The van der Waals surface area contributed by atoms with Crippen molar-refractivity contribution in [2.75, 3.05) is 13.1 Å². The quantitative estimate of drug-likeness (QED) is 0.575. The number of rotatable bonds is 3. The molecule has 0 aliphatic carbocycles. The largest absolute Gasteiger partial charge is 0.444 e. The van der Waals surface area contributed by atoms with Gasteiger partial charge in [0.25, 0.3) is 0 Å². The number of carbonyl (C=O) groups is 1. The summed E-state index contributed by atoms with van der Waals surface area (Å²) in [4.78, 5) is 27.6. The molecule has 0 atom stereocenters. The Balaban J connectivity index is 1.66. The van der Waals surface area contributed by atoms with Crippen molar-refractivity contribution in [2.24, 2.45) is 0 Å². The van der Waals surface area contributed by atoms with Gasteiger partial charge in [-0.05, 0) is 70.9 Å². The fraction of sp³-hybridized carbons (Fsp3) is 0.417. The number of amides is 1. The average Bonchev–Trinajstić information content (AvgIpc) is 3.11. The molecule has 3 heterocycles. The van der Waals surface area contributed by atoms with Crippen molar-refractivity contribution in [2.45, 2.75) is 52.2 Å². The monoisotopic (exact) mass is 437 g/mol. The summed E-state index contributed by atoms with van der Waals surface area (Å²) in [5.74, 6) is 0.566. The zero-order valence-electron chi connectivity index (χ0n) is 18.9. The maximum Gasteiger partial charge on any atom is 0.410 e. The van der Waals surface area contributed by atoms with E-state index in [4.69, 9.17) is 9.72 Å². The second-order valence-corrected chi connectivity index (χ2v) is 9.03. The van der Waals surface area contributed by atoms with Crippen LogP contribution in [0.4, 0.5) is 9.18 Å². The standard InChI is InChI=1S/C24H28FN5O2/c1-16-28-21(17-5-7-18(25)8-6-17)22(20-9-12-26-15-27-20)30(16)19-10-13-29(14-11-19)23(31)32-24(2,3)4/h5-9,12,15,19H,10-11,13-14H2,1-4H3. The molecular weight excluding hydrogens is 409 g/mol. The van der Waals surface area contributed by atoms with Gasteiger partial charge < -0.3 is 14.2 Å². The van der Waals surface area contributed by atoms with Gasteiger partial charge >= 0.3 is 6.09 Å². The lowest BCUT2D eigenvalue weighted by atomic mass is 10.0. The van der Waals surface area contributed by atoms with Crippen LogP contribution in [0.15, 0.2) is 42.9 Å². The predicted octanol–water partition coefficient (Wildman–Crippen LogP) is 5.03. The number of hydrogen-bond acceptors (Lipinski definition) is 5. The highest BCUT2D eigenvalue weighted by molar-refractivity contribution is 5.77. The molecule has 8 heteroatoms. The van der Waals surface area contributed by atoms with Crippen LogP contribution >= 0.6 is 0 Å². The Morgan fingerprint density at radius 3 is 2.41 bits per heavy atom. The third kappa shape index (κ3) is 4.64. The van der Waals surface area contributed by atoms with E-state index in [0.717, 1.165) is 41.3 Å². The summed E-state index contributed by atoms with van der Waals surface area (Å²) >= 11 is 0. The predicted molar refractivity (Wildman–Crippen MR) is 119 cm³/mol. The summed E-state index contributed by atoms with van der Waals surface area (Å²) in [6, 6.07) is 8.35. The lowest BCUT2D eigenvalue weighted by Gasteiger charge is -2.34. The molecule has 1 fully saturated rings. The van der Waals surface area contributed by atoms with Gasteiger partial charge in [0.15, 0.2) is 0 Å². The Kier molecular flexibility index (Phi) is 5.95. The summed E-state index contributed by atoms with van der Waals surface area (Å²) < 4.78 is 21.2. The van der Waals surface area contributed by atoms with E-state index in [-0.39, 0.29) is 18.0 Å². The van der Waals surface area contributed by atoms with Crippen LogP contribution in [0.5, 0.6) is 0 Å². The van der Waals surface area contributed by atoms with Gasteiger partial charge in [-0.2, -0.15) is 0 Å². The molecule has 0 saturated carbocycles. The normalized spacial score (nSPS) is 15.1. The lowest BCUT2D eigenvalue weighted by Crippen LogP contribution is -2.42. The fourth-order valence-corrected chi connectivity index (χ4v) is 4.11. The lowest BCUT2D eigenvalue weighted by molar-refractivity contribution is 0.0188. The average molecular weight is 438 g/mol. The highest BCUT2D eigenvalue weighted by Crippen LogP contribution is 2.37. The molecule has 1 saturated heterocycles. The number of imidazole rings is 1. The molecule has 7 nitrogen and oxygen atoms in total. The molecule has 2 aromatic heterocycles. The van der Waals surface area contributed by atoms with Crippen molar-refractivity contribution in [1.82, 2.24) is 24.4 Å². The number of nitrogens with zero attached hydrogens (tertiary/aromatic N) is 5. The minimum Gasteiger partial charge on any atom is -0.444 e. The van der Waals surface area contributed by atoms with E-state index in [9.17, 15) is 9.18 Å². The molecule has 4 rings (SSSR count). The van der Waals surface area contributed by atoms with Crippen LogP contribution in [0, 0.1) is 12.7 Å². The zero-order valence-corrected chi connectivity index (χ0v) is 18.9. The molecule has 0 N–H and O–H groups in total. The van der Waals surface area contributed by atoms with Crippen molar-refractivity contribution in [3.05, 3.63) is 54.5 Å². The minimum atomic E-state index is -0.515. The van der Waals surface area contributed by atoms with Crippen LogP contribution in [0.2, 0.25) is 0 Å². The summed E-state index contributed by atoms with van der Waals surface area (Å²) in [6.45, 7) is 8.79. The first kappa shape index (κ1) is 21.9. The van der Waals surface area contributed by atoms with Crippen LogP contribution in [-0.4, -0.2) is 49.2 Å². The van der Waals surface area contributed by atoms with E-state index in [1.165, 1.54) is 18.5 Å². The number of aromatic nitrogens is 4. The Bertz CT molecular complexity index is 1080. The van der Waals surface area contributed by atoms with Gasteiger partial charge in [-0.3, -0.25) is 0 Å². The Morgan fingerprint density at radius 1 is 1.12 bits per heavy atom. The van der Waals surface area contributed by atoms with Gasteiger partial charge in [-0.15, -0.1) is 0 Å². The molecule has 168 valence electrons. The number of ether oxygens (including phenoxy) is 1. The molecular formula is C24H28FN5O2. The highest BCUT2D eigenvalue weighted by atomic mass is 19.1. The highest BCUT2D eigenvalue weighted by Gasteiger charge is 2.31. The number of piperidine rings is 1. The van der Waals surface area contributed by atoms with Crippen LogP contribution < -0.4 is 0 Å². The molecule has 32 heavy (non-hydrogen) atoms. The molecule has 0 unspecified atom stereocenters. The van der Waals surface area contributed by atoms with Crippen molar-refractivity contribution in [3.8, 4) is 22.6 Å². The molecule has 0 radical (unpaired) electrons. The van der Waals surface area contributed by atoms with Crippen molar-refractivity contribution in [3.63, 3.8) is 0 Å². The van der Waals surface area contributed by atoms with Gasteiger partial charge in [0.2, 0.25) is 0 Å². The van der Waals surface area contributed by atoms with E-state index in [2.05, 4.69) is 14.5 Å². The molecule has 1 aliphatic heterocycles. The second-order valence-electron chi connectivity index (χ2n) is 9.03. The molecule has 0 bridgehead atoms. The van der Waals surface area contributed by atoms with Gasteiger partial charge in [0.1, 0.15) is 23.6 Å². The first-order valence-electron chi connectivity index (χ1n) is 10.8. The SMILES string of the molecule is Cc1nc(-c2ccc(F)cc2)c(-c2ccncn2)n1C1CCN(C(=O)OC(C)(C)C)CC1. The van der Waals surface area contributed by atoms with E-state index in [1.807, 2.05) is 33.8 Å². The maximum absolute atomic E-state index is 13.5. The van der Waals surface area contributed by atoms with Crippen LogP contribution in [0.1, 0.15) is 45.5 Å². The summed E-state index contributed by atoms with van der Waals surface area (Å²) in [5, 5.41) is 0. The summed E-state index contributed by atoms with van der Waals surface area (Å²) in [5.41, 5.74) is 2.71. The van der Waals surface area contributed by atoms with Crippen molar-refractivity contribution in [1.29, 1.82) is 0 Å². The first-order valence-corrected chi connectivity index (χ1v) is 10.8. The van der Waals surface area contributed by atoms with Crippen molar-refractivity contribution < 1.29 is 13.9 Å². The third-order valence-electron chi connectivity index (χ3n) is 5.51. The van der Waals surface area contributed by atoms with Gasteiger partial charge in [-0.25, -0.2) is 24.1 Å². The van der Waals surface area contributed by atoms with E-state index in [1.54, 1.807) is 23.2 Å². The molecule has 1 aliphatic rings. The number of halogens is 1. The van der Waals surface area contributed by atoms with Crippen LogP contribution in [0.3, 0.4) is 0 Å². The van der Waals surface area contributed by atoms with Gasteiger partial charge in [-0.1, -0.05) is 0 Å². The molecule has 3 aromatic rings.